The van der Waals surface area contributed by atoms with Crippen LogP contribution in [0.5, 0.6) is 0 Å². The molecule has 160 valence electrons. The quantitative estimate of drug-likeness (QED) is 0.509. The summed E-state index contributed by atoms with van der Waals surface area (Å²) in [6.45, 7) is 4.36. The van der Waals surface area contributed by atoms with Crippen molar-refractivity contribution in [3.63, 3.8) is 0 Å². The van der Waals surface area contributed by atoms with Gasteiger partial charge in [0, 0.05) is 42.9 Å². The molecule has 0 spiro atoms. The van der Waals surface area contributed by atoms with Gasteiger partial charge in [-0.05, 0) is 50.3 Å². The van der Waals surface area contributed by atoms with Gasteiger partial charge in [0.2, 0.25) is 0 Å². The van der Waals surface area contributed by atoms with E-state index in [4.69, 9.17) is 4.42 Å². The van der Waals surface area contributed by atoms with E-state index < -0.39 is 0 Å². The summed E-state index contributed by atoms with van der Waals surface area (Å²) in [5.74, 6) is 2.47. The van der Waals surface area contributed by atoms with Gasteiger partial charge in [-0.3, -0.25) is 19.9 Å². The molecule has 2 aliphatic heterocycles. The van der Waals surface area contributed by atoms with Crippen LogP contribution in [0.4, 0.5) is 5.69 Å². The van der Waals surface area contributed by atoms with E-state index >= 15 is 0 Å². The summed E-state index contributed by atoms with van der Waals surface area (Å²) >= 11 is 0. The Hall–Kier alpha value is -2.18. The fraction of sp³-hybridized carbons (Fsp3) is 0.583. The minimum absolute atomic E-state index is 0.0974. The number of furan rings is 1. The van der Waals surface area contributed by atoms with Gasteiger partial charge in [-0.1, -0.05) is 31.4 Å². The largest absolute Gasteiger partial charge is 0.460 e. The van der Waals surface area contributed by atoms with E-state index in [-0.39, 0.29) is 10.6 Å². The highest BCUT2D eigenvalue weighted by atomic mass is 16.6. The number of piperazine rings is 1. The molecule has 1 saturated carbocycles. The van der Waals surface area contributed by atoms with E-state index in [0.717, 1.165) is 36.9 Å². The predicted octanol–water partition coefficient (Wildman–Crippen LogP) is 5.08. The van der Waals surface area contributed by atoms with Gasteiger partial charge in [0.15, 0.2) is 0 Å². The SMILES string of the molecule is O=[N+]([O-])c1cccc(-c2ccc(CN3CCN4CCC[C@@H]4[C@@H]3C3CCCCC3)o2)c1. The van der Waals surface area contributed by atoms with Crippen LogP contribution in [0.2, 0.25) is 0 Å². The summed E-state index contributed by atoms with van der Waals surface area (Å²) in [7, 11) is 0. The Bertz CT molecular complexity index is 889. The summed E-state index contributed by atoms with van der Waals surface area (Å²) < 4.78 is 6.18. The molecule has 6 nitrogen and oxygen atoms in total. The van der Waals surface area contributed by atoms with Crippen molar-refractivity contribution in [1.82, 2.24) is 9.80 Å². The van der Waals surface area contributed by atoms with Crippen LogP contribution in [-0.2, 0) is 6.54 Å². The number of non-ortho nitro benzene ring substituents is 1. The number of rotatable bonds is 5. The highest BCUT2D eigenvalue weighted by Gasteiger charge is 2.43. The molecule has 5 rings (SSSR count). The van der Waals surface area contributed by atoms with E-state index in [1.54, 1.807) is 12.1 Å². The minimum atomic E-state index is -0.358. The van der Waals surface area contributed by atoms with Gasteiger partial charge in [0.25, 0.3) is 5.69 Å². The third-order valence-corrected chi connectivity index (χ3v) is 7.40. The molecule has 0 radical (unpaired) electrons. The molecule has 0 unspecified atom stereocenters. The standard InChI is InChI=1S/C24H31N3O3/c28-27(29)20-9-4-8-19(16-20)23-12-11-21(30-23)17-26-15-14-25-13-5-10-22(25)24(26)18-6-2-1-3-7-18/h4,8-9,11-12,16,18,22,24H,1-3,5-7,10,13-15,17H2/t22-,24+/m1/s1. The molecule has 2 saturated heterocycles. The van der Waals surface area contributed by atoms with Crippen LogP contribution in [0.1, 0.15) is 50.7 Å². The number of hydrogen-bond acceptors (Lipinski definition) is 5. The molecule has 1 aromatic carbocycles. The fourth-order valence-electron chi connectivity index (χ4n) is 6.03. The second-order valence-corrected chi connectivity index (χ2v) is 9.18. The van der Waals surface area contributed by atoms with Crippen LogP contribution in [0.3, 0.4) is 0 Å². The van der Waals surface area contributed by atoms with Crippen molar-refractivity contribution in [1.29, 1.82) is 0 Å². The van der Waals surface area contributed by atoms with Crippen molar-refractivity contribution in [2.75, 3.05) is 19.6 Å². The summed E-state index contributed by atoms with van der Waals surface area (Å²) in [6.07, 6.45) is 9.53. The van der Waals surface area contributed by atoms with Gasteiger partial charge in [0.1, 0.15) is 11.5 Å². The smallest absolute Gasteiger partial charge is 0.270 e. The Labute approximate surface area is 178 Å². The van der Waals surface area contributed by atoms with E-state index in [9.17, 15) is 10.1 Å². The number of nitro groups is 1. The van der Waals surface area contributed by atoms with E-state index in [1.807, 2.05) is 18.2 Å². The molecule has 3 fully saturated rings. The zero-order chi connectivity index (χ0) is 20.5. The minimum Gasteiger partial charge on any atom is -0.460 e. The molecule has 3 heterocycles. The van der Waals surface area contributed by atoms with Gasteiger partial charge >= 0.3 is 0 Å². The summed E-state index contributed by atoms with van der Waals surface area (Å²) in [4.78, 5) is 16.1. The van der Waals surface area contributed by atoms with Gasteiger partial charge in [-0.25, -0.2) is 0 Å². The number of benzene rings is 1. The number of fused-ring (bicyclic) bond motifs is 1. The molecular formula is C24H31N3O3. The Kier molecular flexibility index (Phi) is 5.61. The van der Waals surface area contributed by atoms with Crippen molar-refractivity contribution >= 4 is 5.69 Å². The molecule has 1 aliphatic carbocycles. The van der Waals surface area contributed by atoms with Gasteiger partial charge < -0.3 is 4.42 Å². The third kappa shape index (κ3) is 3.91. The lowest BCUT2D eigenvalue weighted by Gasteiger charge is -2.49. The van der Waals surface area contributed by atoms with Crippen LogP contribution in [0.15, 0.2) is 40.8 Å². The summed E-state index contributed by atoms with van der Waals surface area (Å²) in [6, 6.07) is 12.0. The molecule has 6 heteroatoms. The molecule has 30 heavy (non-hydrogen) atoms. The van der Waals surface area contributed by atoms with Crippen LogP contribution < -0.4 is 0 Å². The third-order valence-electron chi connectivity index (χ3n) is 7.40. The molecule has 3 aliphatic rings. The lowest BCUT2D eigenvalue weighted by Crippen LogP contribution is -2.59. The average molecular weight is 410 g/mol. The predicted molar refractivity (Wildman–Crippen MR) is 116 cm³/mol. The second kappa shape index (κ2) is 8.52. The van der Waals surface area contributed by atoms with Crippen molar-refractivity contribution < 1.29 is 9.34 Å². The molecule has 1 aromatic heterocycles. The molecule has 0 amide bonds. The normalized spacial score (nSPS) is 26.0. The van der Waals surface area contributed by atoms with Crippen LogP contribution in [-0.4, -0.2) is 46.4 Å². The van der Waals surface area contributed by atoms with Gasteiger partial charge in [0.05, 0.1) is 11.5 Å². The zero-order valence-corrected chi connectivity index (χ0v) is 17.5. The number of hydrogen-bond donors (Lipinski definition) is 0. The molecule has 2 atom stereocenters. The first-order chi connectivity index (χ1) is 14.7. The maximum absolute atomic E-state index is 11.1. The first kappa shape index (κ1) is 19.8. The van der Waals surface area contributed by atoms with Gasteiger partial charge in [-0.2, -0.15) is 0 Å². The van der Waals surface area contributed by atoms with Crippen molar-refractivity contribution in [2.24, 2.45) is 5.92 Å². The fourth-order valence-corrected chi connectivity index (χ4v) is 6.03. The molecule has 2 aromatic rings. The Morgan fingerprint density at radius 3 is 2.70 bits per heavy atom. The number of nitrogens with zero attached hydrogens (tertiary/aromatic N) is 3. The Morgan fingerprint density at radius 1 is 1.00 bits per heavy atom. The van der Waals surface area contributed by atoms with Crippen molar-refractivity contribution in [3.8, 4) is 11.3 Å². The Balaban J connectivity index is 1.35. The van der Waals surface area contributed by atoms with Crippen LogP contribution in [0, 0.1) is 16.0 Å². The maximum atomic E-state index is 11.1. The van der Waals surface area contributed by atoms with E-state index in [1.165, 1.54) is 57.6 Å². The highest BCUT2D eigenvalue weighted by molar-refractivity contribution is 5.61. The maximum Gasteiger partial charge on any atom is 0.270 e. The molecular weight excluding hydrogens is 378 g/mol. The Morgan fingerprint density at radius 2 is 1.87 bits per heavy atom. The monoisotopic (exact) mass is 409 g/mol. The second-order valence-electron chi connectivity index (χ2n) is 9.18. The first-order valence-corrected chi connectivity index (χ1v) is 11.5. The lowest BCUT2D eigenvalue weighted by molar-refractivity contribution is -0.384. The lowest BCUT2D eigenvalue weighted by atomic mass is 9.78. The van der Waals surface area contributed by atoms with Crippen molar-refractivity contribution in [3.05, 3.63) is 52.3 Å². The van der Waals surface area contributed by atoms with Crippen LogP contribution >= 0.6 is 0 Å². The summed E-state index contributed by atoms with van der Waals surface area (Å²) in [5.41, 5.74) is 0.861. The van der Waals surface area contributed by atoms with Gasteiger partial charge in [-0.15, -0.1) is 0 Å². The highest BCUT2D eigenvalue weighted by Crippen LogP contribution is 2.38. The molecule has 0 bridgehead atoms. The van der Waals surface area contributed by atoms with E-state index in [0.29, 0.717) is 17.8 Å². The van der Waals surface area contributed by atoms with Crippen molar-refractivity contribution in [2.45, 2.75) is 63.6 Å². The van der Waals surface area contributed by atoms with Crippen LogP contribution in [0.25, 0.3) is 11.3 Å². The molecule has 0 N–H and O–H groups in total. The summed E-state index contributed by atoms with van der Waals surface area (Å²) in [5, 5.41) is 11.1. The average Bonchev–Trinajstić information content (AvgIpc) is 3.44. The van der Waals surface area contributed by atoms with E-state index in [2.05, 4.69) is 9.80 Å². The zero-order valence-electron chi connectivity index (χ0n) is 17.5. The topological polar surface area (TPSA) is 62.8 Å². The first-order valence-electron chi connectivity index (χ1n) is 11.5. The number of nitro benzene ring substituents is 1.